The minimum atomic E-state index is -0.468. The van der Waals surface area contributed by atoms with Crippen LogP contribution in [0.2, 0.25) is 0 Å². The molecule has 1 aromatic carbocycles. The number of benzene rings is 1. The van der Waals surface area contributed by atoms with E-state index in [1.807, 2.05) is 0 Å². The maximum absolute atomic E-state index is 13.1. The third kappa shape index (κ3) is 3.70. The fourth-order valence-electron chi connectivity index (χ4n) is 2.74. The van der Waals surface area contributed by atoms with Crippen molar-refractivity contribution in [3.05, 3.63) is 24.0 Å². The lowest BCUT2D eigenvalue weighted by Crippen LogP contribution is -2.43. The first-order valence-electron chi connectivity index (χ1n) is 7.19. The first kappa shape index (κ1) is 14.8. The minimum absolute atomic E-state index is 0.0483. The molecule has 110 valence electrons. The van der Waals surface area contributed by atoms with Crippen molar-refractivity contribution in [1.29, 1.82) is 0 Å². The number of nitrogens with two attached hydrogens (primary N) is 1. The Bertz CT molecular complexity index is 478. The molecule has 1 atom stereocenters. The van der Waals surface area contributed by atoms with Gasteiger partial charge in [-0.15, -0.1) is 0 Å². The lowest BCUT2D eigenvalue weighted by Gasteiger charge is -2.34. The third-order valence-electron chi connectivity index (χ3n) is 3.85. The molecule has 0 aliphatic carbocycles. The average Bonchev–Trinajstić information content (AvgIpc) is 2.43. The molecule has 1 aliphatic rings. The van der Waals surface area contributed by atoms with Gasteiger partial charge in [0.2, 0.25) is 5.91 Å². The number of carbonyl (C=O) groups is 1. The van der Waals surface area contributed by atoms with Crippen LogP contribution in [0, 0.1) is 5.82 Å². The number of likely N-dealkylation sites (tertiary alicyclic amines) is 1. The fourth-order valence-corrected chi connectivity index (χ4v) is 2.74. The first-order chi connectivity index (χ1) is 9.60. The summed E-state index contributed by atoms with van der Waals surface area (Å²) in [6.45, 7) is 3.51. The second kappa shape index (κ2) is 6.70. The fraction of sp³-hybridized carbons (Fsp3) is 0.533. The van der Waals surface area contributed by atoms with Crippen molar-refractivity contribution in [3.8, 4) is 0 Å². The average molecular weight is 279 g/mol. The molecule has 1 fully saturated rings. The van der Waals surface area contributed by atoms with E-state index in [0.29, 0.717) is 18.3 Å². The van der Waals surface area contributed by atoms with Crippen LogP contribution in [-0.2, 0) is 4.79 Å². The van der Waals surface area contributed by atoms with Crippen molar-refractivity contribution in [2.75, 3.05) is 24.1 Å². The highest BCUT2D eigenvalue weighted by Crippen LogP contribution is 2.20. The van der Waals surface area contributed by atoms with Crippen LogP contribution in [0.15, 0.2) is 18.2 Å². The molecule has 1 unspecified atom stereocenters. The SMILES string of the molecule is CCC1CCCCN1CC(=O)Nc1ccc(F)c(N)c1. The number of amides is 1. The Morgan fingerprint density at radius 3 is 3.00 bits per heavy atom. The van der Waals surface area contributed by atoms with Gasteiger partial charge in [0, 0.05) is 11.7 Å². The van der Waals surface area contributed by atoms with Gasteiger partial charge in [0.25, 0.3) is 0 Å². The van der Waals surface area contributed by atoms with Crippen molar-refractivity contribution in [2.24, 2.45) is 0 Å². The molecule has 0 spiro atoms. The predicted molar refractivity (Wildman–Crippen MR) is 78.9 cm³/mol. The van der Waals surface area contributed by atoms with Crippen molar-refractivity contribution >= 4 is 17.3 Å². The number of hydrogen-bond donors (Lipinski definition) is 2. The molecule has 1 heterocycles. The molecule has 1 aliphatic heterocycles. The van der Waals surface area contributed by atoms with Crippen LogP contribution in [0.1, 0.15) is 32.6 Å². The summed E-state index contributed by atoms with van der Waals surface area (Å²) in [5, 5.41) is 2.77. The summed E-state index contributed by atoms with van der Waals surface area (Å²) >= 11 is 0. The summed E-state index contributed by atoms with van der Waals surface area (Å²) in [6, 6.07) is 4.73. The van der Waals surface area contributed by atoms with E-state index in [0.717, 1.165) is 25.8 Å². The molecule has 3 N–H and O–H groups in total. The van der Waals surface area contributed by atoms with Crippen LogP contribution in [0.5, 0.6) is 0 Å². The molecular formula is C15H22FN3O. The van der Waals surface area contributed by atoms with E-state index >= 15 is 0 Å². The van der Waals surface area contributed by atoms with Crippen LogP contribution in [0.25, 0.3) is 0 Å². The van der Waals surface area contributed by atoms with Crippen LogP contribution in [0.3, 0.4) is 0 Å². The van der Waals surface area contributed by atoms with Crippen LogP contribution < -0.4 is 11.1 Å². The van der Waals surface area contributed by atoms with E-state index in [1.165, 1.54) is 24.6 Å². The quantitative estimate of drug-likeness (QED) is 0.833. The summed E-state index contributed by atoms with van der Waals surface area (Å²) in [4.78, 5) is 14.3. The number of nitrogens with one attached hydrogen (secondary N) is 1. The highest BCUT2D eigenvalue weighted by atomic mass is 19.1. The van der Waals surface area contributed by atoms with Gasteiger partial charge in [-0.25, -0.2) is 4.39 Å². The molecule has 1 saturated heterocycles. The van der Waals surface area contributed by atoms with Gasteiger partial charge in [-0.05, 0) is 44.0 Å². The number of rotatable bonds is 4. The van der Waals surface area contributed by atoms with E-state index in [1.54, 1.807) is 0 Å². The van der Waals surface area contributed by atoms with Crippen LogP contribution >= 0.6 is 0 Å². The predicted octanol–water partition coefficient (Wildman–Crippen LogP) is 2.61. The number of piperidine rings is 1. The maximum Gasteiger partial charge on any atom is 0.238 e. The molecule has 0 aromatic heterocycles. The highest BCUT2D eigenvalue weighted by molar-refractivity contribution is 5.92. The number of nitrogen functional groups attached to an aromatic ring is 1. The minimum Gasteiger partial charge on any atom is -0.396 e. The molecule has 1 amide bonds. The van der Waals surface area contributed by atoms with Crippen LogP contribution in [-0.4, -0.2) is 29.9 Å². The molecule has 0 bridgehead atoms. The molecule has 0 radical (unpaired) electrons. The molecule has 4 nitrogen and oxygen atoms in total. The molecule has 0 saturated carbocycles. The Morgan fingerprint density at radius 2 is 2.30 bits per heavy atom. The monoisotopic (exact) mass is 279 g/mol. The van der Waals surface area contributed by atoms with E-state index in [2.05, 4.69) is 17.1 Å². The summed E-state index contributed by atoms with van der Waals surface area (Å²) in [7, 11) is 0. The zero-order chi connectivity index (χ0) is 14.5. The summed E-state index contributed by atoms with van der Waals surface area (Å²) in [6.07, 6.45) is 4.61. The van der Waals surface area contributed by atoms with Gasteiger partial charge in [-0.2, -0.15) is 0 Å². The Balaban J connectivity index is 1.92. The Labute approximate surface area is 119 Å². The van der Waals surface area contributed by atoms with Crippen molar-refractivity contribution in [3.63, 3.8) is 0 Å². The van der Waals surface area contributed by atoms with E-state index in [4.69, 9.17) is 5.73 Å². The standard InChI is InChI=1S/C15H22FN3O/c1-2-12-5-3-4-8-19(12)10-15(20)18-11-6-7-13(16)14(17)9-11/h6-7,9,12H,2-5,8,10,17H2,1H3,(H,18,20). The topological polar surface area (TPSA) is 58.4 Å². The molecular weight excluding hydrogens is 257 g/mol. The van der Waals surface area contributed by atoms with Gasteiger partial charge >= 0.3 is 0 Å². The number of carbonyl (C=O) groups excluding carboxylic acids is 1. The maximum atomic E-state index is 13.1. The molecule has 2 rings (SSSR count). The molecule has 5 heteroatoms. The summed E-state index contributed by atoms with van der Waals surface area (Å²) < 4.78 is 13.1. The third-order valence-corrected chi connectivity index (χ3v) is 3.85. The first-order valence-corrected chi connectivity index (χ1v) is 7.19. The number of halogens is 1. The summed E-state index contributed by atoms with van der Waals surface area (Å²) in [5.41, 5.74) is 6.08. The van der Waals surface area contributed by atoms with E-state index < -0.39 is 5.82 Å². The lowest BCUT2D eigenvalue weighted by molar-refractivity contribution is -0.118. The smallest absolute Gasteiger partial charge is 0.238 e. The Morgan fingerprint density at radius 1 is 1.50 bits per heavy atom. The normalized spacial score (nSPS) is 19.8. The zero-order valence-corrected chi connectivity index (χ0v) is 11.9. The highest BCUT2D eigenvalue weighted by Gasteiger charge is 2.22. The Hall–Kier alpha value is -1.62. The number of hydrogen-bond acceptors (Lipinski definition) is 3. The second-order valence-electron chi connectivity index (χ2n) is 5.31. The van der Waals surface area contributed by atoms with Gasteiger partial charge in [0.1, 0.15) is 5.82 Å². The zero-order valence-electron chi connectivity index (χ0n) is 11.9. The van der Waals surface area contributed by atoms with Gasteiger partial charge in [-0.1, -0.05) is 13.3 Å². The van der Waals surface area contributed by atoms with Gasteiger partial charge in [0.15, 0.2) is 0 Å². The van der Waals surface area contributed by atoms with Gasteiger partial charge < -0.3 is 11.1 Å². The van der Waals surface area contributed by atoms with Crippen molar-refractivity contribution in [2.45, 2.75) is 38.6 Å². The van der Waals surface area contributed by atoms with E-state index in [-0.39, 0.29) is 11.6 Å². The summed E-state index contributed by atoms with van der Waals surface area (Å²) in [5.74, 6) is -0.540. The Kier molecular flexibility index (Phi) is 4.95. The van der Waals surface area contributed by atoms with Crippen molar-refractivity contribution in [1.82, 2.24) is 4.90 Å². The van der Waals surface area contributed by atoms with Crippen molar-refractivity contribution < 1.29 is 9.18 Å². The molecule has 1 aromatic rings. The van der Waals surface area contributed by atoms with Gasteiger partial charge in [-0.3, -0.25) is 9.69 Å². The van der Waals surface area contributed by atoms with E-state index in [9.17, 15) is 9.18 Å². The second-order valence-corrected chi connectivity index (χ2v) is 5.31. The largest absolute Gasteiger partial charge is 0.396 e. The number of nitrogens with zero attached hydrogens (tertiary/aromatic N) is 1. The molecule has 20 heavy (non-hydrogen) atoms. The van der Waals surface area contributed by atoms with Crippen LogP contribution in [0.4, 0.5) is 15.8 Å². The lowest BCUT2D eigenvalue weighted by atomic mass is 10.00. The van der Waals surface area contributed by atoms with Gasteiger partial charge in [0.05, 0.1) is 12.2 Å². The number of anilines is 2.